The minimum absolute atomic E-state index is 0.479. The van der Waals surface area contributed by atoms with Crippen LogP contribution in [0.5, 0.6) is 0 Å². The van der Waals surface area contributed by atoms with Gasteiger partial charge in [0.15, 0.2) is 0 Å². The van der Waals surface area contributed by atoms with E-state index >= 15 is 0 Å². The standard InChI is InChI=1S/C9H19N.C8H10/c1-7-3-4-8(2)6-9(10)5-7;1-2-8-6-4-3-5-7-8/h7-9H,3-6,10H2,1-2H3;3-7H,2H2,1H3/t7-,8+,9?;. The SMILES string of the molecule is CCc1ccccc1.C[C@@H]1CC[C@H](C)CC(N)C1. The number of rotatable bonds is 1. The summed E-state index contributed by atoms with van der Waals surface area (Å²) in [5.74, 6) is 1.72. The zero-order valence-electron chi connectivity index (χ0n) is 12.2. The van der Waals surface area contributed by atoms with Crippen molar-refractivity contribution in [2.24, 2.45) is 17.6 Å². The van der Waals surface area contributed by atoms with E-state index in [-0.39, 0.29) is 0 Å². The molecule has 102 valence electrons. The van der Waals surface area contributed by atoms with Gasteiger partial charge >= 0.3 is 0 Å². The van der Waals surface area contributed by atoms with Crippen LogP contribution in [-0.2, 0) is 6.42 Å². The van der Waals surface area contributed by atoms with Gasteiger partial charge in [-0.25, -0.2) is 0 Å². The van der Waals surface area contributed by atoms with Gasteiger partial charge in [0.2, 0.25) is 0 Å². The van der Waals surface area contributed by atoms with E-state index in [1.54, 1.807) is 0 Å². The second-order valence-electron chi connectivity index (χ2n) is 5.86. The lowest BCUT2D eigenvalue weighted by atomic mass is 10.0. The first-order valence-electron chi connectivity index (χ1n) is 7.41. The lowest BCUT2D eigenvalue weighted by Gasteiger charge is -2.11. The number of hydrogen-bond donors (Lipinski definition) is 1. The summed E-state index contributed by atoms with van der Waals surface area (Å²) in [4.78, 5) is 0. The minimum Gasteiger partial charge on any atom is -0.328 e. The molecule has 2 N–H and O–H groups in total. The van der Waals surface area contributed by atoms with Gasteiger partial charge in [-0.2, -0.15) is 0 Å². The second kappa shape index (κ2) is 8.31. The predicted octanol–water partition coefficient (Wildman–Crippen LogP) is 4.41. The maximum atomic E-state index is 5.92. The molecule has 1 unspecified atom stereocenters. The summed E-state index contributed by atoms with van der Waals surface area (Å²) in [6.45, 7) is 6.80. The molecule has 1 aliphatic rings. The summed E-state index contributed by atoms with van der Waals surface area (Å²) in [6, 6.07) is 10.9. The Morgan fingerprint density at radius 3 is 1.89 bits per heavy atom. The molecule has 0 bridgehead atoms. The van der Waals surface area contributed by atoms with Crippen LogP contribution in [0.15, 0.2) is 30.3 Å². The minimum atomic E-state index is 0.479. The van der Waals surface area contributed by atoms with Crippen molar-refractivity contribution in [2.45, 2.75) is 58.9 Å². The Hall–Kier alpha value is -0.820. The van der Waals surface area contributed by atoms with Crippen molar-refractivity contribution in [3.8, 4) is 0 Å². The van der Waals surface area contributed by atoms with Gasteiger partial charge in [-0.3, -0.25) is 0 Å². The Kier molecular flexibility index (Phi) is 7.04. The molecule has 0 saturated heterocycles. The topological polar surface area (TPSA) is 26.0 Å². The van der Waals surface area contributed by atoms with Crippen molar-refractivity contribution in [2.75, 3.05) is 0 Å². The van der Waals surface area contributed by atoms with Crippen molar-refractivity contribution in [3.05, 3.63) is 35.9 Å². The van der Waals surface area contributed by atoms with E-state index in [4.69, 9.17) is 5.73 Å². The van der Waals surface area contributed by atoms with E-state index in [0.717, 1.165) is 18.3 Å². The highest BCUT2D eigenvalue weighted by molar-refractivity contribution is 5.13. The summed E-state index contributed by atoms with van der Waals surface area (Å²) in [6.07, 6.45) is 6.39. The molecule has 1 fully saturated rings. The monoisotopic (exact) mass is 247 g/mol. The molecule has 0 heterocycles. The molecule has 1 aromatic carbocycles. The lowest BCUT2D eigenvalue weighted by molar-refractivity contribution is 0.465. The number of aryl methyl sites for hydroxylation is 1. The molecular formula is C17H29N. The molecule has 0 aromatic heterocycles. The number of nitrogens with two attached hydrogens (primary N) is 1. The molecule has 1 aliphatic carbocycles. The molecule has 18 heavy (non-hydrogen) atoms. The molecule has 2 rings (SSSR count). The maximum absolute atomic E-state index is 5.92. The van der Waals surface area contributed by atoms with Crippen LogP contribution >= 0.6 is 0 Å². The van der Waals surface area contributed by atoms with Crippen molar-refractivity contribution in [1.29, 1.82) is 0 Å². The van der Waals surface area contributed by atoms with E-state index in [1.165, 1.54) is 31.2 Å². The quantitative estimate of drug-likeness (QED) is 0.731. The molecule has 0 radical (unpaired) electrons. The van der Waals surface area contributed by atoms with E-state index in [1.807, 2.05) is 6.07 Å². The third-order valence-electron chi connectivity index (χ3n) is 3.81. The van der Waals surface area contributed by atoms with Crippen LogP contribution in [0.1, 0.15) is 52.0 Å². The van der Waals surface area contributed by atoms with Gasteiger partial charge in [-0.15, -0.1) is 0 Å². The van der Waals surface area contributed by atoms with Crippen LogP contribution < -0.4 is 5.73 Å². The van der Waals surface area contributed by atoms with E-state index in [9.17, 15) is 0 Å². The third kappa shape index (κ3) is 6.20. The van der Waals surface area contributed by atoms with Crippen molar-refractivity contribution in [1.82, 2.24) is 0 Å². The summed E-state index contributed by atoms with van der Waals surface area (Å²) in [5.41, 5.74) is 7.33. The van der Waals surface area contributed by atoms with Crippen LogP contribution in [0.2, 0.25) is 0 Å². The number of benzene rings is 1. The van der Waals surface area contributed by atoms with Gasteiger partial charge in [0, 0.05) is 6.04 Å². The highest BCUT2D eigenvalue weighted by atomic mass is 14.6. The fraction of sp³-hybridized carbons (Fsp3) is 0.647. The summed E-state index contributed by atoms with van der Waals surface area (Å²) in [5, 5.41) is 0. The van der Waals surface area contributed by atoms with Crippen LogP contribution in [0.25, 0.3) is 0 Å². The zero-order valence-corrected chi connectivity index (χ0v) is 12.2. The molecule has 1 heteroatoms. The first-order valence-corrected chi connectivity index (χ1v) is 7.41. The first kappa shape index (κ1) is 15.2. The predicted molar refractivity (Wildman–Crippen MR) is 80.6 cm³/mol. The summed E-state index contributed by atoms with van der Waals surface area (Å²) in [7, 11) is 0. The molecule has 0 spiro atoms. The fourth-order valence-electron chi connectivity index (χ4n) is 2.65. The molecule has 0 aliphatic heterocycles. The van der Waals surface area contributed by atoms with Gasteiger partial charge in [-0.05, 0) is 36.7 Å². The zero-order chi connectivity index (χ0) is 13.4. The largest absolute Gasteiger partial charge is 0.328 e. The molecule has 1 nitrogen and oxygen atoms in total. The molecule has 3 atom stereocenters. The second-order valence-corrected chi connectivity index (χ2v) is 5.86. The molecule has 0 amide bonds. The molecule has 1 saturated carbocycles. The Bertz CT molecular complexity index is 295. The van der Waals surface area contributed by atoms with E-state index < -0.39 is 0 Å². The average Bonchev–Trinajstić information content (AvgIpc) is 2.51. The van der Waals surface area contributed by atoms with Crippen LogP contribution in [0.3, 0.4) is 0 Å². The van der Waals surface area contributed by atoms with Crippen LogP contribution in [0, 0.1) is 11.8 Å². The number of hydrogen-bond acceptors (Lipinski definition) is 1. The lowest BCUT2D eigenvalue weighted by Crippen LogP contribution is -2.22. The van der Waals surface area contributed by atoms with Gasteiger partial charge in [-0.1, -0.05) is 63.9 Å². The maximum Gasteiger partial charge on any atom is 0.00439 e. The van der Waals surface area contributed by atoms with Gasteiger partial charge in [0.25, 0.3) is 0 Å². The van der Waals surface area contributed by atoms with Crippen molar-refractivity contribution >= 4 is 0 Å². The first-order chi connectivity index (χ1) is 8.61. The Morgan fingerprint density at radius 2 is 1.50 bits per heavy atom. The van der Waals surface area contributed by atoms with Gasteiger partial charge < -0.3 is 5.73 Å². The van der Waals surface area contributed by atoms with Gasteiger partial charge in [0.05, 0.1) is 0 Å². The smallest absolute Gasteiger partial charge is 0.00439 e. The Balaban J connectivity index is 0.000000184. The van der Waals surface area contributed by atoms with E-state index in [0.29, 0.717) is 6.04 Å². The summed E-state index contributed by atoms with van der Waals surface area (Å²) < 4.78 is 0. The van der Waals surface area contributed by atoms with Crippen molar-refractivity contribution in [3.63, 3.8) is 0 Å². The van der Waals surface area contributed by atoms with Gasteiger partial charge in [0.1, 0.15) is 0 Å². The van der Waals surface area contributed by atoms with Crippen LogP contribution in [0.4, 0.5) is 0 Å². The van der Waals surface area contributed by atoms with E-state index in [2.05, 4.69) is 45.0 Å². The average molecular weight is 247 g/mol. The Labute approximate surface area is 113 Å². The molecule has 1 aromatic rings. The fourth-order valence-corrected chi connectivity index (χ4v) is 2.65. The third-order valence-corrected chi connectivity index (χ3v) is 3.81. The van der Waals surface area contributed by atoms with Crippen LogP contribution in [-0.4, -0.2) is 6.04 Å². The summed E-state index contributed by atoms with van der Waals surface area (Å²) >= 11 is 0. The normalized spacial score (nSPS) is 27.9. The molecular weight excluding hydrogens is 218 g/mol. The van der Waals surface area contributed by atoms with Crippen molar-refractivity contribution < 1.29 is 0 Å². The highest BCUT2D eigenvalue weighted by Crippen LogP contribution is 2.25. The Morgan fingerprint density at radius 1 is 1.00 bits per heavy atom. The highest BCUT2D eigenvalue weighted by Gasteiger charge is 2.17.